The van der Waals surface area contributed by atoms with E-state index in [-0.39, 0.29) is 33.2 Å². The molecule has 2 aromatic heterocycles. The van der Waals surface area contributed by atoms with Crippen molar-refractivity contribution in [2.24, 2.45) is 0 Å². The Balaban J connectivity index is 1.90. The van der Waals surface area contributed by atoms with E-state index in [0.29, 0.717) is 12.4 Å². The summed E-state index contributed by atoms with van der Waals surface area (Å²) in [6.07, 6.45) is 2.34. The summed E-state index contributed by atoms with van der Waals surface area (Å²) in [7, 11) is 0. The molecule has 33 heavy (non-hydrogen) atoms. The molecule has 0 fully saturated rings. The summed E-state index contributed by atoms with van der Waals surface area (Å²) in [6, 6.07) is 12.0. The molecule has 4 aromatic rings. The first-order valence-electron chi connectivity index (χ1n) is 10.0. The maximum absolute atomic E-state index is 13.5. The number of aromatic nitrogens is 2. The van der Waals surface area contributed by atoms with Crippen molar-refractivity contribution in [1.82, 2.24) is 9.55 Å². The van der Waals surface area contributed by atoms with E-state index in [1.54, 1.807) is 35.7 Å². The van der Waals surface area contributed by atoms with Crippen LogP contribution in [-0.4, -0.2) is 37.1 Å². The summed E-state index contributed by atoms with van der Waals surface area (Å²) in [4.78, 5) is 28.4. The minimum Gasteiger partial charge on any atom is -0.503 e. The normalized spacial score (nSPS) is 10.8. The number of aromatic hydroxyl groups is 2. The molecule has 0 unspecified atom stereocenters. The molecule has 0 saturated heterocycles. The van der Waals surface area contributed by atoms with Crippen molar-refractivity contribution in [2.45, 2.75) is 13.3 Å². The molecule has 2 heterocycles. The van der Waals surface area contributed by atoms with Crippen LogP contribution in [0.2, 0.25) is 0 Å². The molecule has 168 valence electrons. The molecule has 0 amide bonds. The van der Waals surface area contributed by atoms with Gasteiger partial charge < -0.3 is 14.9 Å². The topological polar surface area (TPSA) is 128 Å². The molecule has 0 atom stereocenters. The molecule has 0 saturated carbocycles. The number of hydrogen-bond acceptors (Lipinski definition) is 8. The number of nitro benzene ring substituents is 1. The fraction of sp³-hybridized carbons (Fsp3) is 0.130. The molecule has 2 N–H and O–H groups in total. The lowest BCUT2D eigenvalue weighted by atomic mass is 9.99. The zero-order valence-corrected chi connectivity index (χ0v) is 18.3. The van der Waals surface area contributed by atoms with Gasteiger partial charge in [-0.2, -0.15) is 0 Å². The van der Waals surface area contributed by atoms with Gasteiger partial charge in [0.25, 0.3) is 5.69 Å². The van der Waals surface area contributed by atoms with Crippen molar-refractivity contribution in [2.75, 3.05) is 6.61 Å². The van der Waals surface area contributed by atoms with E-state index in [2.05, 4.69) is 4.98 Å². The van der Waals surface area contributed by atoms with E-state index in [9.17, 15) is 25.1 Å². The van der Waals surface area contributed by atoms with Gasteiger partial charge in [0.15, 0.2) is 16.7 Å². The van der Waals surface area contributed by atoms with E-state index >= 15 is 0 Å². The lowest BCUT2D eigenvalue weighted by Gasteiger charge is -2.10. The number of nitro groups is 1. The van der Waals surface area contributed by atoms with Crippen LogP contribution in [0.3, 0.4) is 0 Å². The Hall–Kier alpha value is -4.18. The number of carbonyl (C=O) groups excluding carboxylic acids is 1. The summed E-state index contributed by atoms with van der Waals surface area (Å²) in [5, 5.41) is 34.8. The molecule has 2 aromatic carbocycles. The predicted molar refractivity (Wildman–Crippen MR) is 123 cm³/mol. The highest BCUT2D eigenvalue weighted by atomic mass is 32.1. The summed E-state index contributed by atoms with van der Waals surface area (Å²) < 4.78 is 6.76. The Morgan fingerprint density at radius 2 is 1.97 bits per heavy atom. The van der Waals surface area contributed by atoms with Crippen LogP contribution in [0, 0.1) is 10.1 Å². The maximum atomic E-state index is 13.5. The Labute approximate surface area is 192 Å². The van der Waals surface area contributed by atoms with Crippen molar-refractivity contribution in [1.29, 1.82) is 0 Å². The molecular formula is C23H19N3O6S. The first-order valence-corrected chi connectivity index (χ1v) is 10.9. The highest BCUT2D eigenvalue weighted by molar-refractivity contribution is 7.12. The highest BCUT2D eigenvalue weighted by Gasteiger charge is 2.31. The smallest absolute Gasteiger partial charge is 0.270 e. The second-order valence-electron chi connectivity index (χ2n) is 7.06. The number of ether oxygens (including phenoxy) is 1. The fourth-order valence-corrected chi connectivity index (χ4v) is 4.03. The van der Waals surface area contributed by atoms with Crippen molar-refractivity contribution in [3.63, 3.8) is 0 Å². The SMILES string of the molecule is CCCOc1ccc(C(=O)c2c(O)c(O)n(-c3nccs3)c2-c2cccc([N+](=O)[O-])c2)cc1. The number of hydrogen-bond donors (Lipinski definition) is 2. The molecule has 0 aliphatic rings. The van der Waals surface area contributed by atoms with E-state index in [4.69, 9.17) is 4.74 Å². The average Bonchev–Trinajstić information content (AvgIpc) is 3.44. The molecule has 10 heteroatoms. The number of nitrogens with zero attached hydrogens (tertiary/aromatic N) is 3. The third-order valence-electron chi connectivity index (χ3n) is 4.88. The Bertz CT molecular complexity index is 1310. The van der Waals surface area contributed by atoms with E-state index in [1.807, 2.05) is 6.92 Å². The minimum absolute atomic E-state index is 0.0972. The number of thiazole rings is 1. The zero-order valence-electron chi connectivity index (χ0n) is 17.5. The molecule has 0 bridgehead atoms. The maximum Gasteiger partial charge on any atom is 0.270 e. The van der Waals surface area contributed by atoms with Crippen LogP contribution in [0.4, 0.5) is 5.69 Å². The van der Waals surface area contributed by atoms with Gasteiger partial charge in [0.2, 0.25) is 5.88 Å². The molecule has 0 aliphatic carbocycles. The van der Waals surface area contributed by atoms with Crippen molar-refractivity contribution < 1.29 is 24.7 Å². The van der Waals surface area contributed by atoms with Gasteiger partial charge >= 0.3 is 0 Å². The largest absolute Gasteiger partial charge is 0.503 e. The summed E-state index contributed by atoms with van der Waals surface area (Å²) >= 11 is 1.17. The Morgan fingerprint density at radius 1 is 1.21 bits per heavy atom. The van der Waals surface area contributed by atoms with Gasteiger partial charge in [-0.1, -0.05) is 19.1 Å². The van der Waals surface area contributed by atoms with Crippen LogP contribution in [0.25, 0.3) is 16.4 Å². The third-order valence-corrected chi connectivity index (χ3v) is 5.63. The van der Waals surface area contributed by atoms with Gasteiger partial charge in [0, 0.05) is 34.8 Å². The van der Waals surface area contributed by atoms with Gasteiger partial charge in [-0.3, -0.25) is 19.5 Å². The molecule has 0 spiro atoms. The summed E-state index contributed by atoms with van der Waals surface area (Å²) in [5.41, 5.74) is 0.220. The summed E-state index contributed by atoms with van der Waals surface area (Å²) in [6.45, 7) is 2.52. The predicted octanol–water partition coefficient (Wildman–Crippen LogP) is 4.94. The van der Waals surface area contributed by atoms with Crippen molar-refractivity contribution in [3.8, 4) is 33.8 Å². The molecule has 0 aliphatic heterocycles. The number of benzene rings is 2. The quantitative estimate of drug-likeness (QED) is 0.214. The van der Waals surface area contributed by atoms with Gasteiger partial charge in [-0.15, -0.1) is 11.3 Å². The highest BCUT2D eigenvalue weighted by Crippen LogP contribution is 2.44. The fourth-order valence-electron chi connectivity index (χ4n) is 3.38. The average molecular weight is 465 g/mol. The van der Waals surface area contributed by atoms with Gasteiger partial charge in [0.05, 0.1) is 22.8 Å². The zero-order chi connectivity index (χ0) is 23.5. The number of carbonyl (C=O) groups is 1. The Morgan fingerprint density at radius 3 is 2.61 bits per heavy atom. The van der Waals surface area contributed by atoms with Crippen LogP contribution >= 0.6 is 11.3 Å². The first kappa shape index (κ1) is 22.0. The monoisotopic (exact) mass is 465 g/mol. The number of rotatable bonds is 8. The lowest BCUT2D eigenvalue weighted by molar-refractivity contribution is -0.384. The number of non-ortho nitro benzene ring substituents is 1. The van der Waals surface area contributed by atoms with Crippen LogP contribution in [0.1, 0.15) is 29.3 Å². The molecule has 0 radical (unpaired) electrons. The van der Waals surface area contributed by atoms with Crippen LogP contribution in [0.5, 0.6) is 17.4 Å². The third kappa shape index (κ3) is 4.15. The summed E-state index contributed by atoms with van der Waals surface area (Å²) in [5.74, 6) is -1.19. The first-order chi connectivity index (χ1) is 15.9. The molecule has 9 nitrogen and oxygen atoms in total. The van der Waals surface area contributed by atoms with E-state index in [0.717, 1.165) is 6.42 Å². The van der Waals surface area contributed by atoms with Crippen LogP contribution in [0.15, 0.2) is 60.1 Å². The van der Waals surface area contributed by atoms with Crippen molar-refractivity contribution in [3.05, 3.63) is 81.3 Å². The standard InChI is InChI=1S/C23H19N3O6S/c1-2-11-32-17-8-6-14(7-9-17)20(27)18-19(15-4-3-5-16(13-15)26(30)31)25(22(29)21(18)28)23-24-10-12-33-23/h3-10,12-13,28-29H,2,11H2,1H3. The van der Waals surface area contributed by atoms with Crippen molar-refractivity contribution >= 4 is 22.8 Å². The van der Waals surface area contributed by atoms with Crippen LogP contribution < -0.4 is 4.74 Å². The van der Waals surface area contributed by atoms with E-state index in [1.165, 1.54) is 40.3 Å². The second-order valence-corrected chi connectivity index (χ2v) is 7.93. The van der Waals surface area contributed by atoms with Gasteiger partial charge in [-0.05, 0) is 30.7 Å². The van der Waals surface area contributed by atoms with E-state index < -0.39 is 22.3 Å². The van der Waals surface area contributed by atoms with Gasteiger partial charge in [-0.25, -0.2) is 4.98 Å². The van der Waals surface area contributed by atoms with Crippen LogP contribution in [-0.2, 0) is 0 Å². The molecule has 4 rings (SSSR count). The molecular weight excluding hydrogens is 446 g/mol. The minimum atomic E-state index is -0.636. The number of ketones is 1. The van der Waals surface area contributed by atoms with Gasteiger partial charge in [0.1, 0.15) is 5.75 Å². The second kappa shape index (κ2) is 9.13. The Kier molecular flexibility index (Phi) is 6.09. The lowest BCUT2D eigenvalue weighted by Crippen LogP contribution is -2.05.